The van der Waals surface area contributed by atoms with Crippen LogP contribution in [0.15, 0.2) is 59.4 Å². The minimum atomic E-state index is -0.175. The van der Waals surface area contributed by atoms with Crippen LogP contribution in [0.4, 0.5) is 5.95 Å². The molecule has 1 aromatic carbocycles. The van der Waals surface area contributed by atoms with E-state index < -0.39 is 0 Å². The predicted octanol–water partition coefficient (Wildman–Crippen LogP) is 4.88. The quantitative estimate of drug-likeness (QED) is 0.692. The van der Waals surface area contributed by atoms with Gasteiger partial charge in [-0.15, -0.1) is 11.3 Å². The first-order valence-electron chi connectivity index (χ1n) is 9.68. The molecule has 1 aliphatic heterocycles. The second-order valence-corrected chi connectivity index (χ2v) is 8.79. The smallest absolute Gasteiger partial charge is 0.226 e. The first-order chi connectivity index (χ1) is 13.6. The number of fused-ring (bicyclic) bond motifs is 1. The third kappa shape index (κ3) is 2.79. The summed E-state index contributed by atoms with van der Waals surface area (Å²) in [5.41, 5.74) is 4.39. The number of hydrogen-bond donors (Lipinski definition) is 1. The summed E-state index contributed by atoms with van der Waals surface area (Å²) in [6.45, 7) is 4.39. The Morgan fingerprint density at radius 1 is 1.18 bits per heavy atom. The average molecular weight is 391 g/mol. The molecule has 3 aromatic rings. The van der Waals surface area contributed by atoms with Crippen molar-refractivity contribution in [2.24, 2.45) is 0 Å². The molecule has 6 heteroatoms. The average Bonchev–Trinajstić information content (AvgIpc) is 3.38. The van der Waals surface area contributed by atoms with Crippen molar-refractivity contribution in [2.45, 2.75) is 44.6 Å². The molecule has 0 radical (unpaired) electrons. The number of rotatable bonds is 3. The van der Waals surface area contributed by atoms with Gasteiger partial charge in [0, 0.05) is 22.6 Å². The lowest BCUT2D eigenvalue weighted by molar-refractivity contribution is -0.116. The van der Waals surface area contributed by atoms with Crippen LogP contribution in [0.1, 0.15) is 60.6 Å². The predicted molar refractivity (Wildman–Crippen MR) is 111 cm³/mol. The van der Waals surface area contributed by atoms with Gasteiger partial charge in [0.15, 0.2) is 5.78 Å². The minimum absolute atomic E-state index is 0.175. The summed E-state index contributed by atoms with van der Waals surface area (Å²) >= 11 is 1.65. The number of carbonyl (C=O) groups excluding carboxylic acids is 1. The van der Waals surface area contributed by atoms with Crippen molar-refractivity contribution in [3.8, 4) is 0 Å². The number of Topliss-reactive ketones (excluding diaryl/α,β-unsaturated/α-hetero) is 1. The van der Waals surface area contributed by atoms with E-state index in [9.17, 15) is 4.79 Å². The van der Waals surface area contributed by atoms with Gasteiger partial charge < -0.3 is 5.32 Å². The molecule has 142 valence electrons. The zero-order valence-corrected chi connectivity index (χ0v) is 16.7. The molecule has 5 rings (SSSR count). The molecular formula is C22H22N4OS. The number of ketones is 1. The number of aromatic nitrogens is 3. The highest BCUT2D eigenvalue weighted by molar-refractivity contribution is 7.10. The maximum atomic E-state index is 13.3. The fourth-order valence-corrected chi connectivity index (χ4v) is 5.07. The summed E-state index contributed by atoms with van der Waals surface area (Å²) in [4.78, 5) is 18.8. The lowest BCUT2D eigenvalue weighted by Crippen LogP contribution is -2.33. The number of nitrogens with one attached hydrogen (secondary N) is 1. The topological polar surface area (TPSA) is 59.8 Å². The molecule has 0 unspecified atom stereocenters. The molecular weight excluding hydrogens is 368 g/mol. The van der Waals surface area contributed by atoms with E-state index in [0.717, 1.165) is 22.6 Å². The van der Waals surface area contributed by atoms with Crippen molar-refractivity contribution >= 4 is 23.1 Å². The molecule has 5 nitrogen and oxygen atoms in total. The van der Waals surface area contributed by atoms with Crippen molar-refractivity contribution < 1.29 is 4.79 Å². The molecule has 2 atom stereocenters. The maximum absolute atomic E-state index is 13.3. The molecule has 2 aromatic heterocycles. The minimum Gasteiger partial charge on any atom is -0.328 e. The number of anilines is 1. The van der Waals surface area contributed by atoms with Crippen molar-refractivity contribution in [1.82, 2.24) is 14.8 Å². The van der Waals surface area contributed by atoms with Crippen molar-refractivity contribution in [1.29, 1.82) is 0 Å². The Morgan fingerprint density at radius 3 is 2.71 bits per heavy atom. The van der Waals surface area contributed by atoms with Crippen molar-refractivity contribution in [2.75, 3.05) is 5.32 Å². The van der Waals surface area contributed by atoms with E-state index in [2.05, 4.69) is 59.6 Å². The number of thiophene rings is 1. The van der Waals surface area contributed by atoms with Gasteiger partial charge in [-0.3, -0.25) is 4.79 Å². The third-order valence-corrected chi connectivity index (χ3v) is 6.67. The number of carbonyl (C=O) groups is 1. The highest BCUT2D eigenvalue weighted by atomic mass is 32.1. The summed E-state index contributed by atoms with van der Waals surface area (Å²) in [7, 11) is 0. The number of benzene rings is 1. The van der Waals surface area contributed by atoms with Gasteiger partial charge in [-0.1, -0.05) is 44.2 Å². The summed E-state index contributed by atoms with van der Waals surface area (Å²) in [5.74, 6) is 1.61. The fraction of sp³-hybridized carbons (Fsp3) is 0.318. The molecule has 3 heterocycles. The monoisotopic (exact) mass is 390 g/mol. The standard InChI is InChI=1S/C22H22N4OS/c1-13(2)14-5-7-15(8-6-14)16-10-17-20(18(27)11-16)21(19-4-3-9-28-19)26-22(25-17)23-12-24-26/h3-9,12-13,16,21H,10-11H2,1-2H3,(H,23,24,25)/t16-,21-/m0/s1. The van der Waals surface area contributed by atoms with Gasteiger partial charge in [0.2, 0.25) is 5.95 Å². The summed E-state index contributed by atoms with van der Waals surface area (Å²) < 4.78 is 1.83. The van der Waals surface area contributed by atoms with Crippen LogP contribution in [0.3, 0.4) is 0 Å². The van der Waals surface area contributed by atoms with E-state index in [1.165, 1.54) is 11.1 Å². The Balaban J connectivity index is 1.52. The Bertz CT molecular complexity index is 1050. The van der Waals surface area contributed by atoms with E-state index in [0.29, 0.717) is 18.3 Å². The summed E-state index contributed by atoms with van der Waals surface area (Å²) in [6, 6.07) is 12.7. The maximum Gasteiger partial charge on any atom is 0.226 e. The van der Waals surface area contributed by atoms with Crippen LogP contribution >= 0.6 is 11.3 Å². The highest BCUT2D eigenvalue weighted by Gasteiger charge is 2.39. The first-order valence-corrected chi connectivity index (χ1v) is 10.6. The van der Waals surface area contributed by atoms with Gasteiger partial charge in [0.1, 0.15) is 12.4 Å². The Morgan fingerprint density at radius 2 is 2.00 bits per heavy atom. The Labute approximate surface area is 168 Å². The molecule has 0 amide bonds. The molecule has 1 N–H and O–H groups in total. The Kier molecular flexibility index (Phi) is 4.16. The highest BCUT2D eigenvalue weighted by Crippen LogP contribution is 2.44. The fourth-order valence-electron chi connectivity index (χ4n) is 4.25. The van der Waals surface area contributed by atoms with E-state index >= 15 is 0 Å². The van der Waals surface area contributed by atoms with Gasteiger partial charge >= 0.3 is 0 Å². The zero-order chi connectivity index (χ0) is 19.3. The van der Waals surface area contributed by atoms with Gasteiger partial charge in [-0.05, 0) is 40.8 Å². The van der Waals surface area contributed by atoms with Crippen LogP contribution in [0.2, 0.25) is 0 Å². The Hall–Kier alpha value is -2.73. The normalized spacial score (nSPS) is 21.5. The van der Waals surface area contributed by atoms with Gasteiger partial charge in [-0.25, -0.2) is 4.68 Å². The van der Waals surface area contributed by atoms with Crippen molar-refractivity contribution in [3.05, 3.63) is 75.4 Å². The largest absolute Gasteiger partial charge is 0.328 e. The van der Waals surface area contributed by atoms with E-state index in [4.69, 9.17) is 0 Å². The van der Waals surface area contributed by atoms with Crippen LogP contribution in [0.5, 0.6) is 0 Å². The SMILES string of the molecule is CC(C)c1ccc([C@@H]2CC(=O)C3=C(C2)Nc2ncnn2[C@H]3c2cccs2)cc1. The van der Waals surface area contributed by atoms with Crippen LogP contribution in [0, 0.1) is 0 Å². The second-order valence-electron chi connectivity index (χ2n) is 7.81. The van der Waals surface area contributed by atoms with Gasteiger partial charge in [0.05, 0.1) is 0 Å². The molecule has 1 aliphatic carbocycles. The molecule has 0 fully saturated rings. The van der Waals surface area contributed by atoms with Crippen LogP contribution in [0.25, 0.3) is 0 Å². The number of nitrogens with zero attached hydrogens (tertiary/aromatic N) is 3. The number of hydrogen-bond acceptors (Lipinski definition) is 5. The van der Waals surface area contributed by atoms with Crippen LogP contribution in [-0.4, -0.2) is 20.5 Å². The van der Waals surface area contributed by atoms with Gasteiger partial charge in [-0.2, -0.15) is 10.1 Å². The molecule has 2 aliphatic rings. The summed E-state index contributed by atoms with van der Waals surface area (Å²) in [5, 5.41) is 9.81. The second kappa shape index (κ2) is 6.71. The van der Waals surface area contributed by atoms with Crippen LogP contribution in [-0.2, 0) is 4.79 Å². The van der Waals surface area contributed by atoms with E-state index in [-0.39, 0.29) is 17.7 Å². The van der Waals surface area contributed by atoms with E-state index in [1.54, 1.807) is 17.7 Å². The lowest BCUT2D eigenvalue weighted by Gasteiger charge is -2.34. The molecule has 0 bridgehead atoms. The lowest BCUT2D eigenvalue weighted by atomic mass is 9.78. The van der Waals surface area contributed by atoms with Crippen molar-refractivity contribution in [3.63, 3.8) is 0 Å². The molecule has 0 saturated heterocycles. The summed E-state index contributed by atoms with van der Waals surface area (Å²) in [6.07, 6.45) is 2.90. The molecule has 0 saturated carbocycles. The van der Waals surface area contributed by atoms with Gasteiger partial charge in [0.25, 0.3) is 0 Å². The third-order valence-electron chi connectivity index (χ3n) is 5.75. The molecule has 28 heavy (non-hydrogen) atoms. The zero-order valence-electron chi connectivity index (χ0n) is 15.9. The van der Waals surface area contributed by atoms with Crippen LogP contribution < -0.4 is 5.32 Å². The van der Waals surface area contributed by atoms with E-state index in [1.807, 2.05) is 16.1 Å². The molecule has 0 spiro atoms. The number of allylic oxidation sites excluding steroid dienone is 2. The first kappa shape index (κ1) is 17.4.